The average molecular weight is 283 g/mol. The lowest BCUT2D eigenvalue weighted by Gasteiger charge is -2.23. The van der Waals surface area contributed by atoms with Gasteiger partial charge in [0.25, 0.3) is 0 Å². The van der Waals surface area contributed by atoms with Crippen LogP contribution in [0.4, 0.5) is 4.39 Å². The van der Waals surface area contributed by atoms with Gasteiger partial charge in [-0.1, -0.05) is 25.8 Å². The molecule has 2 atom stereocenters. The maximum Gasteiger partial charge on any atom is 0.124 e. The summed E-state index contributed by atoms with van der Waals surface area (Å²) in [6, 6.07) is 6.43. The molecule has 2 rings (SSSR count). The molecule has 1 saturated carbocycles. The lowest BCUT2D eigenvalue weighted by Crippen LogP contribution is -2.39. The van der Waals surface area contributed by atoms with Crippen molar-refractivity contribution in [3.8, 4) is 0 Å². The van der Waals surface area contributed by atoms with E-state index in [-0.39, 0.29) is 11.9 Å². The van der Waals surface area contributed by atoms with E-state index >= 15 is 0 Å². The lowest BCUT2D eigenvalue weighted by molar-refractivity contribution is 0.392. The van der Waals surface area contributed by atoms with Crippen LogP contribution in [0.2, 0.25) is 0 Å². The standard InChI is InChI=1S/C15H22FNOS/c1-2-17-15(12-6-3-4-7-12)11-19(18)14-9-5-8-13(16)10-14/h5,8-10,12,15,17H,2-4,6-7,11H2,1H3. The second-order valence-corrected chi connectivity index (χ2v) is 6.67. The van der Waals surface area contributed by atoms with Crippen molar-refractivity contribution in [2.45, 2.75) is 43.5 Å². The van der Waals surface area contributed by atoms with Crippen molar-refractivity contribution in [3.63, 3.8) is 0 Å². The third-order valence-electron chi connectivity index (χ3n) is 3.83. The fourth-order valence-electron chi connectivity index (χ4n) is 2.85. The second kappa shape index (κ2) is 7.15. The van der Waals surface area contributed by atoms with Gasteiger partial charge in [0, 0.05) is 16.7 Å². The molecule has 0 heterocycles. The van der Waals surface area contributed by atoms with E-state index in [1.165, 1.54) is 37.8 Å². The molecule has 106 valence electrons. The average Bonchev–Trinajstić information content (AvgIpc) is 2.92. The van der Waals surface area contributed by atoms with Gasteiger partial charge >= 0.3 is 0 Å². The number of rotatable bonds is 6. The molecule has 2 unspecified atom stereocenters. The van der Waals surface area contributed by atoms with Gasteiger partial charge in [0.15, 0.2) is 0 Å². The molecule has 0 radical (unpaired) electrons. The van der Waals surface area contributed by atoms with Crippen molar-refractivity contribution >= 4 is 10.8 Å². The molecule has 1 N–H and O–H groups in total. The number of halogens is 1. The maximum atomic E-state index is 13.2. The topological polar surface area (TPSA) is 29.1 Å². The highest BCUT2D eigenvalue weighted by atomic mass is 32.2. The Morgan fingerprint density at radius 1 is 1.42 bits per heavy atom. The number of hydrogen-bond acceptors (Lipinski definition) is 2. The monoisotopic (exact) mass is 283 g/mol. The van der Waals surface area contributed by atoms with Crippen LogP contribution in [0.3, 0.4) is 0 Å². The SMILES string of the molecule is CCNC(CS(=O)c1cccc(F)c1)C1CCCC1. The zero-order valence-electron chi connectivity index (χ0n) is 11.4. The summed E-state index contributed by atoms with van der Waals surface area (Å²) in [6.45, 7) is 2.97. The Balaban J connectivity index is 2.01. The number of hydrogen-bond donors (Lipinski definition) is 1. The van der Waals surface area contributed by atoms with Gasteiger partial charge in [-0.15, -0.1) is 0 Å². The first-order valence-electron chi connectivity index (χ1n) is 7.08. The van der Waals surface area contributed by atoms with Gasteiger partial charge in [0.2, 0.25) is 0 Å². The number of benzene rings is 1. The molecule has 2 nitrogen and oxygen atoms in total. The van der Waals surface area contributed by atoms with E-state index in [9.17, 15) is 8.60 Å². The van der Waals surface area contributed by atoms with Crippen molar-refractivity contribution in [2.75, 3.05) is 12.3 Å². The summed E-state index contributed by atoms with van der Waals surface area (Å²) in [5.41, 5.74) is 0. The molecule has 0 saturated heterocycles. The summed E-state index contributed by atoms with van der Waals surface area (Å²) in [5, 5.41) is 3.45. The predicted molar refractivity (Wildman–Crippen MR) is 77.1 cm³/mol. The molecule has 0 aliphatic heterocycles. The molecule has 19 heavy (non-hydrogen) atoms. The first-order chi connectivity index (χ1) is 9.20. The zero-order valence-corrected chi connectivity index (χ0v) is 12.2. The van der Waals surface area contributed by atoms with Crippen molar-refractivity contribution in [3.05, 3.63) is 30.1 Å². The Hall–Kier alpha value is -0.740. The molecular weight excluding hydrogens is 261 g/mol. The van der Waals surface area contributed by atoms with E-state index in [2.05, 4.69) is 12.2 Å². The Labute approximate surface area is 117 Å². The van der Waals surface area contributed by atoms with Gasteiger partial charge in [0.1, 0.15) is 5.82 Å². The van der Waals surface area contributed by atoms with Crippen molar-refractivity contribution in [1.82, 2.24) is 5.32 Å². The maximum absolute atomic E-state index is 13.2. The smallest absolute Gasteiger partial charge is 0.124 e. The van der Waals surface area contributed by atoms with Crippen LogP contribution >= 0.6 is 0 Å². The van der Waals surface area contributed by atoms with Crippen LogP contribution in [0, 0.1) is 11.7 Å². The second-order valence-electron chi connectivity index (χ2n) is 5.18. The van der Waals surface area contributed by atoms with Crippen molar-refractivity contribution in [2.24, 2.45) is 5.92 Å². The molecule has 1 aliphatic rings. The summed E-state index contributed by atoms with van der Waals surface area (Å²) in [7, 11) is -1.12. The van der Waals surface area contributed by atoms with Gasteiger partial charge < -0.3 is 5.32 Å². The number of nitrogens with one attached hydrogen (secondary N) is 1. The highest BCUT2D eigenvalue weighted by Gasteiger charge is 2.26. The van der Waals surface area contributed by atoms with Gasteiger partial charge in [-0.05, 0) is 43.5 Å². The van der Waals surface area contributed by atoms with Crippen LogP contribution in [-0.2, 0) is 10.8 Å². The minimum absolute atomic E-state index is 0.289. The molecule has 0 aromatic heterocycles. The van der Waals surface area contributed by atoms with E-state index in [0.717, 1.165) is 6.54 Å². The Bertz CT molecular complexity index is 432. The van der Waals surface area contributed by atoms with Gasteiger partial charge in [-0.25, -0.2) is 4.39 Å². The van der Waals surface area contributed by atoms with E-state index in [1.54, 1.807) is 12.1 Å². The summed E-state index contributed by atoms with van der Waals surface area (Å²) in [4.78, 5) is 0.598. The summed E-state index contributed by atoms with van der Waals surface area (Å²) in [5.74, 6) is 0.895. The zero-order chi connectivity index (χ0) is 13.7. The van der Waals surface area contributed by atoms with Gasteiger partial charge in [-0.3, -0.25) is 4.21 Å². The van der Waals surface area contributed by atoms with Gasteiger partial charge in [-0.2, -0.15) is 0 Å². The fourth-order valence-corrected chi connectivity index (χ4v) is 4.23. The molecule has 0 bridgehead atoms. The van der Waals surface area contributed by atoms with Crippen LogP contribution in [0.5, 0.6) is 0 Å². The lowest BCUT2D eigenvalue weighted by atomic mass is 10.00. The van der Waals surface area contributed by atoms with Gasteiger partial charge in [0.05, 0.1) is 10.8 Å². The quantitative estimate of drug-likeness (QED) is 0.869. The Morgan fingerprint density at radius 3 is 2.79 bits per heavy atom. The first-order valence-corrected chi connectivity index (χ1v) is 8.40. The van der Waals surface area contributed by atoms with Crippen LogP contribution in [-0.4, -0.2) is 22.5 Å². The minimum Gasteiger partial charge on any atom is -0.313 e. The minimum atomic E-state index is -1.12. The largest absolute Gasteiger partial charge is 0.313 e. The molecule has 1 aromatic rings. The highest BCUT2D eigenvalue weighted by molar-refractivity contribution is 7.85. The molecule has 4 heteroatoms. The van der Waals surface area contributed by atoms with E-state index in [1.807, 2.05) is 0 Å². The highest BCUT2D eigenvalue weighted by Crippen LogP contribution is 2.28. The van der Waals surface area contributed by atoms with Crippen molar-refractivity contribution < 1.29 is 8.60 Å². The summed E-state index contributed by atoms with van der Waals surface area (Å²) < 4.78 is 25.5. The molecule has 0 amide bonds. The third-order valence-corrected chi connectivity index (χ3v) is 5.27. The van der Waals surface area contributed by atoms with Crippen LogP contribution in [0.15, 0.2) is 29.2 Å². The van der Waals surface area contributed by atoms with Crippen molar-refractivity contribution in [1.29, 1.82) is 0 Å². The van der Waals surface area contributed by atoms with Crippen LogP contribution in [0.1, 0.15) is 32.6 Å². The fraction of sp³-hybridized carbons (Fsp3) is 0.600. The third kappa shape index (κ3) is 4.11. The van der Waals surface area contributed by atoms with E-state index < -0.39 is 10.8 Å². The summed E-state index contributed by atoms with van der Waals surface area (Å²) in [6.07, 6.45) is 4.99. The molecule has 0 spiro atoms. The van der Waals surface area contributed by atoms with E-state index in [4.69, 9.17) is 0 Å². The predicted octanol–water partition coefficient (Wildman–Crippen LogP) is 3.10. The van der Waals surface area contributed by atoms with Crippen LogP contribution in [0.25, 0.3) is 0 Å². The normalized spacial score (nSPS) is 19.5. The molecule has 1 aromatic carbocycles. The first kappa shape index (κ1) is 14.7. The molecule has 1 fully saturated rings. The van der Waals surface area contributed by atoms with E-state index in [0.29, 0.717) is 16.6 Å². The molecule has 1 aliphatic carbocycles. The molecular formula is C15H22FNOS. The Kier molecular flexibility index (Phi) is 5.52. The van der Waals surface area contributed by atoms with Crippen LogP contribution < -0.4 is 5.32 Å². The Morgan fingerprint density at radius 2 is 2.16 bits per heavy atom. The summed E-state index contributed by atoms with van der Waals surface area (Å²) >= 11 is 0.